The van der Waals surface area contributed by atoms with Gasteiger partial charge in [0.2, 0.25) is 0 Å². The molecular formula is C11H7FN2O3S. The van der Waals surface area contributed by atoms with Crippen LogP contribution >= 0.6 is 11.3 Å². The van der Waals surface area contributed by atoms with Gasteiger partial charge in [-0.05, 0) is 12.1 Å². The van der Waals surface area contributed by atoms with Crippen LogP contribution in [0.1, 0.15) is 20.0 Å². The number of carbonyl (C=O) groups is 2. The van der Waals surface area contributed by atoms with Crippen molar-refractivity contribution in [3.05, 3.63) is 46.2 Å². The Morgan fingerprint density at radius 1 is 1.39 bits per heavy atom. The Morgan fingerprint density at radius 2 is 2.17 bits per heavy atom. The zero-order chi connectivity index (χ0) is 13.1. The minimum Gasteiger partial charge on any atom is -0.478 e. The van der Waals surface area contributed by atoms with Crippen molar-refractivity contribution in [2.75, 3.05) is 5.32 Å². The number of carboxylic acid groups (broad SMARTS) is 1. The van der Waals surface area contributed by atoms with E-state index >= 15 is 0 Å². The van der Waals surface area contributed by atoms with Gasteiger partial charge in [-0.3, -0.25) is 9.78 Å². The molecule has 0 radical (unpaired) electrons. The third-order valence-corrected chi connectivity index (χ3v) is 2.90. The molecule has 0 spiro atoms. The number of thiazole rings is 1. The predicted molar refractivity (Wildman–Crippen MR) is 63.4 cm³/mol. The molecule has 7 heteroatoms. The van der Waals surface area contributed by atoms with Crippen LogP contribution in [0.15, 0.2) is 29.9 Å². The number of halogens is 1. The molecule has 0 fully saturated rings. The Balaban J connectivity index is 2.32. The summed E-state index contributed by atoms with van der Waals surface area (Å²) in [5.41, 5.74) is 0.828. The van der Waals surface area contributed by atoms with Gasteiger partial charge < -0.3 is 10.4 Å². The van der Waals surface area contributed by atoms with Crippen LogP contribution in [0.5, 0.6) is 0 Å². The summed E-state index contributed by atoms with van der Waals surface area (Å²) in [6, 6.07) is 3.67. The van der Waals surface area contributed by atoms with Crippen molar-refractivity contribution in [1.82, 2.24) is 4.98 Å². The predicted octanol–water partition coefficient (Wildman–Crippen LogP) is 2.23. The molecule has 1 aromatic carbocycles. The standard InChI is InChI=1S/C11H7FN2O3S/c12-6-2-1-3-7(9(6)11(16)17)14-10(15)8-4-13-5-18-8/h1-5H,(H,14,15)(H,16,17). The number of aromatic carboxylic acids is 1. The summed E-state index contributed by atoms with van der Waals surface area (Å²) >= 11 is 1.10. The van der Waals surface area contributed by atoms with E-state index in [0.29, 0.717) is 4.88 Å². The van der Waals surface area contributed by atoms with Gasteiger partial charge in [-0.2, -0.15) is 0 Å². The lowest BCUT2D eigenvalue weighted by molar-refractivity contribution is 0.0693. The van der Waals surface area contributed by atoms with E-state index in [2.05, 4.69) is 10.3 Å². The summed E-state index contributed by atoms with van der Waals surface area (Å²) < 4.78 is 13.4. The summed E-state index contributed by atoms with van der Waals surface area (Å²) in [5, 5.41) is 11.2. The van der Waals surface area contributed by atoms with Crippen LogP contribution < -0.4 is 5.32 Å². The SMILES string of the molecule is O=C(Nc1cccc(F)c1C(=O)O)c1cncs1. The number of carbonyl (C=O) groups excluding carboxylic acids is 1. The molecule has 18 heavy (non-hydrogen) atoms. The van der Waals surface area contributed by atoms with Gasteiger partial charge in [0.15, 0.2) is 0 Å². The highest BCUT2D eigenvalue weighted by Gasteiger charge is 2.18. The first-order chi connectivity index (χ1) is 8.59. The molecular weight excluding hydrogens is 259 g/mol. The van der Waals surface area contributed by atoms with Crippen LogP contribution in [0, 0.1) is 5.82 Å². The summed E-state index contributed by atoms with van der Waals surface area (Å²) in [6.07, 6.45) is 1.35. The fraction of sp³-hybridized carbons (Fsp3) is 0. The third kappa shape index (κ3) is 2.35. The van der Waals surface area contributed by atoms with Crippen LogP contribution in [-0.4, -0.2) is 22.0 Å². The van der Waals surface area contributed by atoms with Crippen LogP contribution in [0.25, 0.3) is 0 Å². The lowest BCUT2D eigenvalue weighted by Crippen LogP contribution is -2.14. The third-order valence-electron chi connectivity index (χ3n) is 2.13. The number of hydrogen-bond donors (Lipinski definition) is 2. The molecule has 0 bridgehead atoms. The number of carboxylic acids is 1. The number of anilines is 1. The van der Waals surface area contributed by atoms with Crippen LogP contribution in [0.3, 0.4) is 0 Å². The average molecular weight is 266 g/mol. The van der Waals surface area contributed by atoms with Crippen molar-refractivity contribution >= 4 is 28.9 Å². The van der Waals surface area contributed by atoms with Gasteiger partial charge in [-0.25, -0.2) is 9.18 Å². The molecule has 0 aliphatic heterocycles. The van der Waals surface area contributed by atoms with Crippen molar-refractivity contribution in [3.63, 3.8) is 0 Å². The zero-order valence-corrected chi connectivity index (χ0v) is 9.70. The number of benzene rings is 1. The fourth-order valence-electron chi connectivity index (χ4n) is 1.36. The van der Waals surface area contributed by atoms with Crippen LogP contribution in [-0.2, 0) is 0 Å². The van der Waals surface area contributed by atoms with Crippen molar-refractivity contribution in [3.8, 4) is 0 Å². The highest BCUT2D eigenvalue weighted by atomic mass is 32.1. The maximum Gasteiger partial charge on any atom is 0.340 e. The van der Waals surface area contributed by atoms with Crippen molar-refractivity contribution in [2.45, 2.75) is 0 Å². The van der Waals surface area contributed by atoms with Crippen LogP contribution in [0.2, 0.25) is 0 Å². The van der Waals surface area contributed by atoms with Gasteiger partial charge in [0, 0.05) is 0 Å². The van der Waals surface area contributed by atoms with E-state index in [4.69, 9.17) is 5.11 Å². The molecule has 0 aliphatic carbocycles. The first-order valence-electron chi connectivity index (χ1n) is 4.81. The minimum absolute atomic E-state index is 0.0825. The smallest absolute Gasteiger partial charge is 0.340 e. The Kier molecular flexibility index (Phi) is 3.33. The lowest BCUT2D eigenvalue weighted by Gasteiger charge is -2.07. The number of nitrogens with zero attached hydrogens (tertiary/aromatic N) is 1. The molecule has 1 aromatic heterocycles. The minimum atomic E-state index is -1.44. The lowest BCUT2D eigenvalue weighted by atomic mass is 10.1. The molecule has 0 aliphatic rings. The first kappa shape index (κ1) is 12.2. The van der Waals surface area contributed by atoms with E-state index < -0.39 is 23.3 Å². The molecule has 1 amide bonds. The molecule has 0 saturated heterocycles. The van der Waals surface area contributed by atoms with E-state index in [1.54, 1.807) is 0 Å². The van der Waals surface area contributed by atoms with Gasteiger partial charge in [-0.15, -0.1) is 11.3 Å². The van der Waals surface area contributed by atoms with Gasteiger partial charge in [-0.1, -0.05) is 6.07 Å². The van der Waals surface area contributed by atoms with E-state index in [1.807, 2.05) is 0 Å². The normalized spacial score (nSPS) is 10.1. The van der Waals surface area contributed by atoms with E-state index in [1.165, 1.54) is 23.8 Å². The molecule has 92 valence electrons. The van der Waals surface area contributed by atoms with E-state index in [9.17, 15) is 14.0 Å². The molecule has 2 rings (SSSR count). The molecule has 0 atom stereocenters. The molecule has 1 heterocycles. The molecule has 5 nitrogen and oxygen atoms in total. The zero-order valence-electron chi connectivity index (χ0n) is 8.88. The Labute approximate surface area is 105 Å². The van der Waals surface area contributed by atoms with Gasteiger partial charge >= 0.3 is 5.97 Å². The topological polar surface area (TPSA) is 79.3 Å². The maximum absolute atomic E-state index is 13.4. The second-order valence-corrected chi connectivity index (χ2v) is 4.17. The highest BCUT2D eigenvalue weighted by molar-refractivity contribution is 7.11. The second kappa shape index (κ2) is 4.92. The molecule has 0 unspecified atom stereocenters. The number of hydrogen-bond acceptors (Lipinski definition) is 4. The summed E-state index contributed by atoms with van der Waals surface area (Å²) in [5.74, 6) is -2.86. The van der Waals surface area contributed by atoms with Gasteiger partial charge in [0.1, 0.15) is 16.3 Å². The first-order valence-corrected chi connectivity index (χ1v) is 5.69. The summed E-state index contributed by atoms with van der Waals surface area (Å²) in [7, 11) is 0. The quantitative estimate of drug-likeness (QED) is 0.892. The Bertz CT molecular complexity index is 598. The average Bonchev–Trinajstić information content (AvgIpc) is 2.81. The van der Waals surface area contributed by atoms with Crippen molar-refractivity contribution in [1.29, 1.82) is 0 Å². The maximum atomic E-state index is 13.4. The molecule has 2 N–H and O–H groups in total. The number of aromatic nitrogens is 1. The second-order valence-electron chi connectivity index (χ2n) is 3.29. The Hall–Kier alpha value is -2.28. The molecule has 0 saturated carbocycles. The van der Waals surface area contributed by atoms with Crippen molar-refractivity contribution < 1.29 is 19.1 Å². The van der Waals surface area contributed by atoms with E-state index in [-0.39, 0.29) is 5.69 Å². The van der Waals surface area contributed by atoms with Crippen LogP contribution in [0.4, 0.5) is 10.1 Å². The van der Waals surface area contributed by atoms with Gasteiger partial charge in [0.25, 0.3) is 5.91 Å². The Morgan fingerprint density at radius 3 is 2.78 bits per heavy atom. The van der Waals surface area contributed by atoms with E-state index in [0.717, 1.165) is 17.4 Å². The largest absolute Gasteiger partial charge is 0.478 e. The highest BCUT2D eigenvalue weighted by Crippen LogP contribution is 2.20. The number of rotatable bonds is 3. The number of amides is 1. The van der Waals surface area contributed by atoms with Gasteiger partial charge in [0.05, 0.1) is 17.4 Å². The fourth-order valence-corrected chi connectivity index (χ4v) is 1.87. The van der Waals surface area contributed by atoms with Crippen molar-refractivity contribution in [2.24, 2.45) is 0 Å². The molecule has 2 aromatic rings. The summed E-state index contributed by atoms with van der Waals surface area (Å²) in [4.78, 5) is 26.7. The number of nitrogens with one attached hydrogen (secondary N) is 1. The monoisotopic (exact) mass is 266 g/mol. The summed E-state index contributed by atoms with van der Waals surface area (Å²) in [6.45, 7) is 0.